The van der Waals surface area contributed by atoms with Crippen LogP contribution in [0.2, 0.25) is 0 Å². The van der Waals surface area contributed by atoms with Crippen molar-refractivity contribution < 1.29 is 0 Å². The Morgan fingerprint density at radius 1 is 1.69 bits per heavy atom. The molecule has 0 aliphatic carbocycles. The Hall–Kier alpha value is -1.56. The molecule has 1 atom stereocenters. The fraction of sp³-hybridized carbons (Fsp3) is 0.429. The van der Waals surface area contributed by atoms with Gasteiger partial charge in [0.1, 0.15) is 5.49 Å². The average molecular weight is 180 g/mol. The van der Waals surface area contributed by atoms with Crippen LogP contribution in [0.5, 0.6) is 0 Å². The second-order valence-electron chi connectivity index (χ2n) is 3.38. The summed E-state index contributed by atoms with van der Waals surface area (Å²) in [4.78, 5) is 4.20. The average Bonchev–Trinajstić information content (AvgIpc) is 2.23. The van der Waals surface area contributed by atoms with E-state index in [-0.39, 0.29) is 0 Å². The molecule has 1 aromatic rings. The summed E-state index contributed by atoms with van der Waals surface area (Å²) in [7, 11) is 0. The highest BCUT2D eigenvalue weighted by Gasteiger charge is 2.27. The van der Waals surface area contributed by atoms with Gasteiger partial charge in [-0.2, -0.15) is 0 Å². The molecule has 1 aliphatic heterocycles. The topological polar surface area (TPSA) is 91.8 Å². The zero-order valence-corrected chi connectivity index (χ0v) is 7.55. The zero-order valence-electron chi connectivity index (χ0n) is 7.55. The van der Waals surface area contributed by atoms with Crippen LogP contribution in [0.3, 0.4) is 0 Å². The number of hydrogen-bond acceptors (Lipinski definition) is 5. The summed E-state index contributed by atoms with van der Waals surface area (Å²) >= 11 is 0. The Morgan fingerprint density at radius 3 is 3.08 bits per heavy atom. The molecule has 0 amide bonds. The van der Waals surface area contributed by atoms with Crippen molar-refractivity contribution in [1.82, 2.24) is 9.66 Å². The van der Waals surface area contributed by atoms with Crippen molar-refractivity contribution in [2.24, 2.45) is 5.73 Å². The normalized spacial score (nSPS) is 24.8. The molecule has 1 aliphatic rings. The zero-order chi connectivity index (χ0) is 9.64. The highest BCUT2D eigenvalue weighted by atomic mass is 15.6. The van der Waals surface area contributed by atoms with E-state index in [2.05, 4.69) is 15.7 Å². The van der Waals surface area contributed by atoms with E-state index in [1.54, 1.807) is 13.0 Å². The smallest absolute Gasteiger partial charge is 0.226 e. The molecule has 0 aromatic carbocycles. The number of aromatic nitrogens is 2. The molecule has 6 heteroatoms. The van der Waals surface area contributed by atoms with Crippen LogP contribution in [0.15, 0.2) is 6.07 Å². The maximum Gasteiger partial charge on any atom is 0.226 e. The van der Waals surface area contributed by atoms with Crippen LogP contribution < -0.4 is 22.0 Å². The largest absolute Gasteiger partial charge is 0.318 e. The Kier molecular flexibility index (Phi) is 1.38. The molecule has 1 aromatic heterocycles. The molecule has 0 radical (unpaired) electrons. The number of anilines is 1. The second-order valence-corrected chi connectivity index (χ2v) is 3.38. The second kappa shape index (κ2) is 2.23. The number of fused-ring (bicyclic) bond motifs is 1. The molecule has 1 unspecified atom stereocenters. The van der Waals surface area contributed by atoms with Gasteiger partial charge in [0.25, 0.3) is 0 Å². The Morgan fingerprint density at radius 2 is 2.38 bits per heavy atom. The van der Waals surface area contributed by atoms with E-state index in [0.717, 1.165) is 5.69 Å². The van der Waals surface area contributed by atoms with Crippen molar-refractivity contribution in [2.75, 3.05) is 10.7 Å². The minimum absolute atomic E-state index is 0.337. The SMILES string of the molecule is Cc1cc(=N)n2c(n1)NC(C)(N)N2. The predicted molar refractivity (Wildman–Crippen MR) is 48.4 cm³/mol. The van der Waals surface area contributed by atoms with Crippen LogP contribution in [0.4, 0.5) is 5.95 Å². The van der Waals surface area contributed by atoms with Crippen molar-refractivity contribution >= 4 is 5.95 Å². The number of rotatable bonds is 0. The van der Waals surface area contributed by atoms with Crippen LogP contribution in [0.1, 0.15) is 12.6 Å². The Bertz CT molecular complexity index is 404. The van der Waals surface area contributed by atoms with Gasteiger partial charge in [0.15, 0.2) is 5.79 Å². The summed E-state index contributed by atoms with van der Waals surface area (Å²) in [6.45, 7) is 3.61. The fourth-order valence-electron chi connectivity index (χ4n) is 1.32. The van der Waals surface area contributed by atoms with E-state index in [1.165, 1.54) is 4.68 Å². The van der Waals surface area contributed by atoms with E-state index in [4.69, 9.17) is 11.1 Å². The number of nitrogens with two attached hydrogens (primary N) is 1. The molecule has 6 nitrogen and oxygen atoms in total. The summed E-state index contributed by atoms with van der Waals surface area (Å²) in [5.74, 6) is -0.154. The van der Waals surface area contributed by atoms with Crippen molar-refractivity contribution in [3.63, 3.8) is 0 Å². The molecule has 2 rings (SSSR count). The lowest BCUT2D eigenvalue weighted by Crippen LogP contribution is -2.50. The van der Waals surface area contributed by atoms with Crippen molar-refractivity contribution in [2.45, 2.75) is 19.6 Å². The summed E-state index contributed by atoms with van der Waals surface area (Å²) < 4.78 is 1.52. The molecule has 0 bridgehead atoms. The molecule has 0 fully saturated rings. The van der Waals surface area contributed by atoms with Crippen LogP contribution in [0, 0.1) is 12.3 Å². The standard InChI is InChI=1S/C7H12N6/c1-4-3-5(8)13-6(10-4)11-7(2,9)12-13/h3,8,12H,9H2,1-2H3,(H,10,11). The van der Waals surface area contributed by atoms with E-state index >= 15 is 0 Å². The number of hydrogen-bond donors (Lipinski definition) is 4. The van der Waals surface area contributed by atoms with Gasteiger partial charge in [0.2, 0.25) is 5.95 Å². The first-order valence-electron chi connectivity index (χ1n) is 3.98. The number of aryl methyl sites for hydroxylation is 1. The number of nitrogens with zero attached hydrogens (tertiary/aromatic N) is 2. The minimum Gasteiger partial charge on any atom is -0.318 e. The fourth-order valence-corrected chi connectivity index (χ4v) is 1.32. The molecule has 0 spiro atoms. The van der Waals surface area contributed by atoms with Crippen LogP contribution in [-0.2, 0) is 0 Å². The highest BCUT2D eigenvalue weighted by Crippen LogP contribution is 2.12. The van der Waals surface area contributed by atoms with Gasteiger partial charge in [0, 0.05) is 11.8 Å². The van der Waals surface area contributed by atoms with Gasteiger partial charge >= 0.3 is 0 Å². The molecular formula is C7H12N6. The van der Waals surface area contributed by atoms with E-state index in [9.17, 15) is 0 Å². The summed E-state index contributed by atoms with van der Waals surface area (Å²) in [5, 5.41) is 10.6. The third kappa shape index (κ3) is 1.25. The third-order valence-electron chi connectivity index (χ3n) is 1.80. The van der Waals surface area contributed by atoms with Gasteiger partial charge in [-0.05, 0) is 13.8 Å². The molecular weight excluding hydrogens is 168 g/mol. The monoisotopic (exact) mass is 180 g/mol. The molecule has 2 heterocycles. The quantitative estimate of drug-likeness (QED) is 0.423. The van der Waals surface area contributed by atoms with Crippen LogP contribution >= 0.6 is 0 Å². The van der Waals surface area contributed by atoms with Gasteiger partial charge < -0.3 is 5.32 Å². The summed E-state index contributed by atoms with van der Waals surface area (Å²) in [6.07, 6.45) is 0. The molecule has 0 saturated carbocycles. The maximum absolute atomic E-state index is 7.63. The summed E-state index contributed by atoms with van der Waals surface area (Å²) in [6, 6.07) is 1.67. The first-order chi connectivity index (χ1) is 5.98. The first-order valence-corrected chi connectivity index (χ1v) is 3.98. The predicted octanol–water partition coefficient (Wildman–Crippen LogP) is -0.728. The Labute approximate surface area is 75.3 Å². The molecule has 5 N–H and O–H groups in total. The molecule has 0 saturated heterocycles. The van der Waals surface area contributed by atoms with Crippen LogP contribution in [-0.4, -0.2) is 15.4 Å². The van der Waals surface area contributed by atoms with E-state index in [1.807, 2.05) is 6.92 Å². The summed E-state index contributed by atoms with van der Waals surface area (Å²) in [5.41, 5.74) is 9.82. The lowest BCUT2D eigenvalue weighted by molar-refractivity contribution is 0.585. The number of nitrogens with one attached hydrogen (secondary N) is 3. The van der Waals surface area contributed by atoms with Crippen molar-refractivity contribution in [3.8, 4) is 0 Å². The van der Waals surface area contributed by atoms with Gasteiger partial charge in [-0.1, -0.05) is 0 Å². The van der Waals surface area contributed by atoms with Crippen molar-refractivity contribution in [3.05, 3.63) is 17.2 Å². The maximum atomic E-state index is 7.63. The molecule has 13 heavy (non-hydrogen) atoms. The van der Waals surface area contributed by atoms with Gasteiger partial charge in [0.05, 0.1) is 0 Å². The molecule has 70 valence electrons. The lowest BCUT2D eigenvalue weighted by Gasteiger charge is -2.17. The van der Waals surface area contributed by atoms with Gasteiger partial charge in [-0.25, -0.2) is 9.66 Å². The Balaban J connectivity index is 2.58. The van der Waals surface area contributed by atoms with Gasteiger partial charge in [-0.15, -0.1) is 0 Å². The third-order valence-corrected chi connectivity index (χ3v) is 1.80. The van der Waals surface area contributed by atoms with E-state index in [0.29, 0.717) is 11.4 Å². The minimum atomic E-state index is -0.733. The highest BCUT2D eigenvalue weighted by molar-refractivity contribution is 5.38. The van der Waals surface area contributed by atoms with E-state index < -0.39 is 5.79 Å². The lowest BCUT2D eigenvalue weighted by atomic mass is 10.4. The first kappa shape index (κ1) is 8.06. The van der Waals surface area contributed by atoms with Crippen LogP contribution in [0.25, 0.3) is 0 Å². The van der Waals surface area contributed by atoms with Crippen molar-refractivity contribution in [1.29, 1.82) is 5.41 Å². The van der Waals surface area contributed by atoms with Gasteiger partial charge in [-0.3, -0.25) is 16.6 Å².